The lowest BCUT2D eigenvalue weighted by Gasteiger charge is -2.13. The first kappa shape index (κ1) is 15.5. The summed E-state index contributed by atoms with van der Waals surface area (Å²) in [5.41, 5.74) is 1.85. The van der Waals surface area contributed by atoms with E-state index in [1.807, 2.05) is 24.3 Å². The second-order valence-corrected chi connectivity index (χ2v) is 5.18. The second-order valence-electron chi connectivity index (χ2n) is 5.18. The molecule has 2 aromatic rings. The van der Waals surface area contributed by atoms with Crippen LogP contribution in [-0.4, -0.2) is 11.7 Å². The molecule has 0 radical (unpaired) electrons. The van der Waals surface area contributed by atoms with Crippen LogP contribution in [0.4, 0.5) is 4.39 Å². The number of aryl methyl sites for hydroxylation is 1. The summed E-state index contributed by atoms with van der Waals surface area (Å²) >= 11 is 0. The zero-order valence-corrected chi connectivity index (χ0v) is 12.5. The fourth-order valence-corrected chi connectivity index (χ4v) is 2.05. The van der Waals surface area contributed by atoms with Crippen molar-refractivity contribution >= 4 is 0 Å². The zero-order chi connectivity index (χ0) is 15.2. The highest BCUT2D eigenvalue weighted by Crippen LogP contribution is 2.25. The number of hydrogen-bond donors (Lipinski definition) is 1. The van der Waals surface area contributed by atoms with E-state index in [0.717, 1.165) is 24.2 Å². The van der Waals surface area contributed by atoms with E-state index >= 15 is 0 Å². The Morgan fingerprint density at radius 2 is 1.76 bits per heavy atom. The maximum Gasteiger partial charge on any atom is 0.126 e. The minimum absolute atomic E-state index is 0.300. The molecule has 0 aliphatic heterocycles. The average molecular weight is 288 g/mol. The van der Waals surface area contributed by atoms with E-state index in [9.17, 15) is 9.50 Å². The molecule has 0 spiro atoms. The Bertz CT molecular complexity index is 578. The molecule has 0 amide bonds. The van der Waals surface area contributed by atoms with Crippen LogP contribution in [0, 0.1) is 12.7 Å². The van der Waals surface area contributed by atoms with E-state index < -0.39 is 6.10 Å². The lowest BCUT2D eigenvalue weighted by Crippen LogP contribution is -2.01. The van der Waals surface area contributed by atoms with Gasteiger partial charge in [-0.1, -0.05) is 37.6 Å². The average Bonchev–Trinajstić information content (AvgIpc) is 2.50. The lowest BCUT2D eigenvalue weighted by molar-refractivity contribution is 0.219. The Balaban J connectivity index is 2.08. The van der Waals surface area contributed by atoms with Crippen molar-refractivity contribution in [1.82, 2.24) is 0 Å². The van der Waals surface area contributed by atoms with Crippen molar-refractivity contribution in [2.75, 3.05) is 6.61 Å². The third-order valence-electron chi connectivity index (χ3n) is 3.47. The number of benzene rings is 2. The van der Waals surface area contributed by atoms with Gasteiger partial charge >= 0.3 is 0 Å². The first-order valence-electron chi connectivity index (χ1n) is 7.28. The Hall–Kier alpha value is -1.87. The van der Waals surface area contributed by atoms with E-state index in [1.54, 1.807) is 19.1 Å². The number of rotatable bonds is 6. The van der Waals surface area contributed by atoms with Crippen LogP contribution in [0.15, 0.2) is 42.5 Å². The highest BCUT2D eigenvalue weighted by atomic mass is 19.1. The smallest absolute Gasteiger partial charge is 0.126 e. The molecule has 0 aliphatic rings. The standard InChI is InChI=1S/C18H21FO2/c1-3-4-11-21-16-9-7-14(8-10-16)18(20)15-6-5-13(2)17(19)12-15/h5-10,12,18,20H,3-4,11H2,1-2H3. The molecule has 0 saturated carbocycles. The van der Waals surface area contributed by atoms with Gasteiger partial charge in [0.15, 0.2) is 0 Å². The summed E-state index contributed by atoms with van der Waals surface area (Å²) in [6, 6.07) is 12.1. The largest absolute Gasteiger partial charge is 0.494 e. The Morgan fingerprint density at radius 1 is 1.10 bits per heavy atom. The molecular formula is C18H21FO2. The van der Waals surface area contributed by atoms with E-state index in [1.165, 1.54) is 6.07 Å². The number of ether oxygens (including phenoxy) is 1. The number of unbranched alkanes of at least 4 members (excludes halogenated alkanes) is 1. The topological polar surface area (TPSA) is 29.5 Å². The third-order valence-corrected chi connectivity index (χ3v) is 3.47. The molecule has 1 N–H and O–H groups in total. The normalized spacial score (nSPS) is 12.2. The third kappa shape index (κ3) is 4.05. The summed E-state index contributed by atoms with van der Waals surface area (Å²) in [5.74, 6) is 0.487. The van der Waals surface area contributed by atoms with Crippen molar-refractivity contribution in [3.8, 4) is 5.75 Å². The summed E-state index contributed by atoms with van der Waals surface area (Å²) in [6.45, 7) is 4.51. The number of aliphatic hydroxyl groups excluding tert-OH is 1. The summed E-state index contributed by atoms with van der Waals surface area (Å²) in [5, 5.41) is 10.3. The van der Waals surface area contributed by atoms with E-state index in [2.05, 4.69) is 6.92 Å². The highest BCUT2D eigenvalue weighted by Gasteiger charge is 2.12. The first-order valence-corrected chi connectivity index (χ1v) is 7.28. The lowest BCUT2D eigenvalue weighted by atomic mass is 10.0. The monoisotopic (exact) mass is 288 g/mol. The Labute approximate surface area is 125 Å². The van der Waals surface area contributed by atoms with Gasteiger partial charge in [-0.2, -0.15) is 0 Å². The van der Waals surface area contributed by atoms with Gasteiger partial charge < -0.3 is 9.84 Å². The molecule has 1 atom stereocenters. The van der Waals surface area contributed by atoms with Crippen LogP contribution in [0.1, 0.15) is 42.6 Å². The summed E-state index contributed by atoms with van der Waals surface area (Å²) in [6.07, 6.45) is 1.28. The van der Waals surface area contributed by atoms with Gasteiger partial charge in [0.25, 0.3) is 0 Å². The summed E-state index contributed by atoms with van der Waals surface area (Å²) in [4.78, 5) is 0. The van der Waals surface area contributed by atoms with Crippen LogP contribution < -0.4 is 4.74 Å². The van der Waals surface area contributed by atoms with Crippen molar-refractivity contribution in [3.05, 3.63) is 65.0 Å². The van der Waals surface area contributed by atoms with Crippen LogP contribution in [0.2, 0.25) is 0 Å². The zero-order valence-electron chi connectivity index (χ0n) is 12.5. The van der Waals surface area contributed by atoms with Crippen LogP contribution >= 0.6 is 0 Å². The van der Waals surface area contributed by atoms with E-state index in [4.69, 9.17) is 4.74 Å². The van der Waals surface area contributed by atoms with Gasteiger partial charge in [-0.3, -0.25) is 0 Å². The van der Waals surface area contributed by atoms with Gasteiger partial charge in [-0.25, -0.2) is 4.39 Å². The quantitative estimate of drug-likeness (QED) is 0.799. The molecule has 3 heteroatoms. The first-order chi connectivity index (χ1) is 10.1. The fourth-order valence-electron chi connectivity index (χ4n) is 2.05. The molecule has 1 unspecified atom stereocenters. The minimum atomic E-state index is -0.829. The highest BCUT2D eigenvalue weighted by molar-refractivity contribution is 5.35. The van der Waals surface area contributed by atoms with E-state index in [-0.39, 0.29) is 5.82 Å². The molecule has 0 fully saturated rings. The minimum Gasteiger partial charge on any atom is -0.494 e. The molecule has 2 aromatic carbocycles. The molecule has 0 aromatic heterocycles. The van der Waals surface area contributed by atoms with Crippen LogP contribution in [0.25, 0.3) is 0 Å². The van der Waals surface area contributed by atoms with Gasteiger partial charge in [-0.05, 0) is 48.2 Å². The molecule has 0 saturated heterocycles. The van der Waals surface area contributed by atoms with Crippen molar-refractivity contribution in [2.45, 2.75) is 32.8 Å². The predicted molar refractivity (Wildman–Crippen MR) is 82.0 cm³/mol. The molecule has 2 rings (SSSR count). The van der Waals surface area contributed by atoms with Gasteiger partial charge in [0, 0.05) is 0 Å². The SMILES string of the molecule is CCCCOc1ccc(C(O)c2ccc(C)c(F)c2)cc1. The van der Waals surface area contributed by atoms with Crippen molar-refractivity contribution < 1.29 is 14.2 Å². The summed E-state index contributed by atoms with van der Waals surface area (Å²) in [7, 11) is 0. The molecule has 0 aliphatic carbocycles. The molecule has 0 heterocycles. The predicted octanol–water partition coefficient (Wildman–Crippen LogP) is 4.39. The second kappa shape index (κ2) is 7.23. The van der Waals surface area contributed by atoms with Gasteiger partial charge in [-0.15, -0.1) is 0 Å². The van der Waals surface area contributed by atoms with Crippen molar-refractivity contribution in [2.24, 2.45) is 0 Å². The molecule has 21 heavy (non-hydrogen) atoms. The molecule has 2 nitrogen and oxygen atoms in total. The van der Waals surface area contributed by atoms with Gasteiger partial charge in [0.1, 0.15) is 17.7 Å². The van der Waals surface area contributed by atoms with Gasteiger partial charge in [0.2, 0.25) is 0 Å². The summed E-state index contributed by atoms with van der Waals surface area (Å²) < 4.78 is 19.1. The van der Waals surface area contributed by atoms with Crippen molar-refractivity contribution in [1.29, 1.82) is 0 Å². The number of hydrogen-bond acceptors (Lipinski definition) is 2. The molecule has 0 bridgehead atoms. The Morgan fingerprint density at radius 3 is 2.38 bits per heavy atom. The van der Waals surface area contributed by atoms with Gasteiger partial charge in [0.05, 0.1) is 6.61 Å². The number of halogens is 1. The van der Waals surface area contributed by atoms with Crippen LogP contribution in [0.5, 0.6) is 5.75 Å². The van der Waals surface area contributed by atoms with Crippen LogP contribution in [-0.2, 0) is 0 Å². The maximum absolute atomic E-state index is 13.6. The number of aliphatic hydroxyl groups is 1. The maximum atomic E-state index is 13.6. The Kier molecular flexibility index (Phi) is 5.34. The van der Waals surface area contributed by atoms with E-state index in [0.29, 0.717) is 17.7 Å². The molecule has 112 valence electrons. The van der Waals surface area contributed by atoms with Crippen LogP contribution in [0.3, 0.4) is 0 Å². The molecular weight excluding hydrogens is 267 g/mol. The fraction of sp³-hybridized carbons (Fsp3) is 0.333. The van der Waals surface area contributed by atoms with Crippen molar-refractivity contribution in [3.63, 3.8) is 0 Å².